The van der Waals surface area contributed by atoms with E-state index in [1.54, 1.807) is 0 Å². The van der Waals surface area contributed by atoms with Gasteiger partial charge in [-0.3, -0.25) is 0 Å². The van der Waals surface area contributed by atoms with E-state index in [4.69, 9.17) is 0 Å². The molecule has 2 nitrogen and oxygen atoms in total. The smallest absolute Gasteiger partial charge is 0.0438 e. The lowest BCUT2D eigenvalue weighted by Crippen LogP contribution is -2.59. The average molecular weight is 288 g/mol. The molecular weight excluding hydrogens is 256 g/mol. The zero-order valence-electron chi connectivity index (χ0n) is 14.4. The van der Waals surface area contributed by atoms with Crippen molar-refractivity contribution in [3.63, 3.8) is 0 Å². The van der Waals surface area contributed by atoms with Crippen LogP contribution in [0.1, 0.15) is 46.6 Å². The topological polar surface area (TPSA) is 15.3 Å². The molecule has 0 bridgehead atoms. The number of hydrogen-bond acceptors (Lipinski definition) is 2. The minimum atomic E-state index is 0.598. The van der Waals surface area contributed by atoms with Crippen molar-refractivity contribution in [2.75, 3.05) is 18.0 Å². The number of aryl methyl sites for hydroxylation is 1. The lowest BCUT2D eigenvalue weighted by molar-refractivity contribution is 0.310. The SMILES string of the molecule is CCc1ccccc1N1CC(CC(C)C)NCC1C(C)C. The minimum absolute atomic E-state index is 0.598. The molecule has 1 aliphatic heterocycles. The Morgan fingerprint density at radius 3 is 2.52 bits per heavy atom. The number of nitrogens with zero attached hydrogens (tertiary/aromatic N) is 1. The summed E-state index contributed by atoms with van der Waals surface area (Å²) in [7, 11) is 0. The van der Waals surface area contributed by atoms with Crippen molar-refractivity contribution in [2.24, 2.45) is 11.8 Å². The molecule has 1 saturated heterocycles. The Morgan fingerprint density at radius 2 is 1.90 bits per heavy atom. The van der Waals surface area contributed by atoms with Crippen molar-refractivity contribution in [1.82, 2.24) is 5.32 Å². The number of nitrogens with one attached hydrogen (secondary N) is 1. The van der Waals surface area contributed by atoms with Crippen LogP contribution in [0, 0.1) is 11.8 Å². The van der Waals surface area contributed by atoms with E-state index in [9.17, 15) is 0 Å². The quantitative estimate of drug-likeness (QED) is 0.877. The first kappa shape index (κ1) is 16.4. The molecule has 1 fully saturated rings. The van der Waals surface area contributed by atoms with Crippen molar-refractivity contribution < 1.29 is 0 Å². The summed E-state index contributed by atoms with van der Waals surface area (Å²) < 4.78 is 0. The van der Waals surface area contributed by atoms with Crippen molar-refractivity contribution >= 4 is 5.69 Å². The molecule has 0 saturated carbocycles. The second-order valence-electron chi connectivity index (χ2n) is 7.18. The van der Waals surface area contributed by atoms with Gasteiger partial charge in [0.1, 0.15) is 0 Å². The highest BCUT2D eigenvalue weighted by Gasteiger charge is 2.30. The van der Waals surface area contributed by atoms with Crippen molar-refractivity contribution in [3.05, 3.63) is 29.8 Å². The highest BCUT2D eigenvalue weighted by Crippen LogP contribution is 2.28. The predicted octanol–water partition coefficient (Wildman–Crippen LogP) is 4.10. The average Bonchev–Trinajstić information content (AvgIpc) is 2.46. The normalized spacial score (nSPS) is 23.1. The van der Waals surface area contributed by atoms with E-state index in [0.717, 1.165) is 25.4 Å². The summed E-state index contributed by atoms with van der Waals surface area (Å²) in [4.78, 5) is 2.67. The predicted molar refractivity (Wildman–Crippen MR) is 93.0 cm³/mol. The first-order valence-corrected chi connectivity index (χ1v) is 8.60. The lowest BCUT2D eigenvalue weighted by atomic mass is 9.93. The van der Waals surface area contributed by atoms with Crippen LogP contribution in [0.5, 0.6) is 0 Å². The van der Waals surface area contributed by atoms with Gasteiger partial charge in [0, 0.05) is 30.9 Å². The number of rotatable bonds is 5. The first-order valence-electron chi connectivity index (χ1n) is 8.60. The highest BCUT2D eigenvalue weighted by molar-refractivity contribution is 5.55. The molecule has 21 heavy (non-hydrogen) atoms. The Balaban J connectivity index is 2.25. The summed E-state index contributed by atoms with van der Waals surface area (Å²) >= 11 is 0. The Bertz CT molecular complexity index is 439. The molecule has 0 aliphatic carbocycles. The number of anilines is 1. The molecule has 1 aliphatic rings. The molecule has 2 heteroatoms. The number of hydrogen-bond donors (Lipinski definition) is 1. The fourth-order valence-electron chi connectivity index (χ4n) is 3.52. The summed E-state index contributed by atoms with van der Waals surface area (Å²) in [5.41, 5.74) is 2.93. The fourth-order valence-corrected chi connectivity index (χ4v) is 3.52. The summed E-state index contributed by atoms with van der Waals surface area (Å²) in [6.45, 7) is 13.8. The van der Waals surface area contributed by atoms with Crippen LogP contribution in [0.15, 0.2) is 24.3 Å². The minimum Gasteiger partial charge on any atom is -0.365 e. The summed E-state index contributed by atoms with van der Waals surface area (Å²) in [5, 5.41) is 3.78. The summed E-state index contributed by atoms with van der Waals surface area (Å²) in [6.07, 6.45) is 2.37. The van der Waals surface area contributed by atoms with E-state index in [1.807, 2.05) is 0 Å². The van der Waals surface area contributed by atoms with Gasteiger partial charge in [-0.2, -0.15) is 0 Å². The van der Waals surface area contributed by atoms with E-state index in [1.165, 1.54) is 17.7 Å². The van der Waals surface area contributed by atoms with E-state index in [-0.39, 0.29) is 0 Å². The van der Waals surface area contributed by atoms with Crippen LogP contribution in [0.4, 0.5) is 5.69 Å². The van der Waals surface area contributed by atoms with Crippen LogP contribution in [-0.4, -0.2) is 25.2 Å². The third-order valence-electron chi connectivity index (χ3n) is 4.64. The lowest BCUT2D eigenvalue weighted by Gasteiger charge is -2.45. The maximum absolute atomic E-state index is 3.78. The van der Waals surface area contributed by atoms with Crippen LogP contribution < -0.4 is 10.2 Å². The van der Waals surface area contributed by atoms with Gasteiger partial charge in [-0.15, -0.1) is 0 Å². The maximum Gasteiger partial charge on any atom is 0.0438 e. The van der Waals surface area contributed by atoms with Crippen molar-refractivity contribution in [3.8, 4) is 0 Å². The van der Waals surface area contributed by atoms with Crippen molar-refractivity contribution in [1.29, 1.82) is 0 Å². The number of para-hydroxylation sites is 1. The molecule has 2 unspecified atom stereocenters. The van der Waals surface area contributed by atoms with Gasteiger partial charge in [0.05, 0.1) is 0 Å². The number of benzene rings is 1. The van der Waals surface area contributed by atoms with Gasteiger partial charge in [-0.25, -0.2) is 0 Å². The molecule has 1 N–H and O–H groups in total. The highest BCUT2D eigenvalue weighted by atomic mass is 15.2. The Hall–Kier alpha value is -1.02. The van der Waals surface area contributed by atoms with Gasteiger partial charge in [0.15, 0.2) is 0 Å². The zero-order valence-corrected chi connectivity index (χ0v) is 14.4. The largest absolute Gasteiger partial charge is 0.365 e. The molecule has 2 rings (SSSR count). The van der Waals surface area contributed by atoms with E-state index in [0.29, 0.717) is 18.0 Å². The van der Waals surface area contributed by atoms with Crippen LogP contribution in [0.3, 0.4) is 0 Å². The van der Waals surface area contributed by atoms with Crippen molar-refractivity contribution in [2.45, 2.75) is 59.5 Å². The molecule has 118 valence electrons. The molecule has 0 radical (unpaired) electrons. The van der Waals surface area contributed by atoms with E-state index < -0.39 is 0 Å². The summed E-state index contributed by atoms with van der Waals surface area (Å²) in [6, 6.07) is 10.2. The monoisotopic (exact) mass is 288 g/mol. The maximum atomic E-state index is 3.78. The molecule has 0 aromatic heterocycles. The molecule has 1 aromatic rings. The third kappa shape index (κ3) is 4.00. The van der Waals surface area contributed by atoms with Crippen LogP contribution in [-0.2, 0) is 6.42 Å². The van der Waals surface area contributed by atoms with Gasteiger partial charge >= 0.3 is 0 Å². The molecule has 2 atom stereocenters. The molecule has 1 aromatic carbocycles. The molecular formula is C19H32N2. The third-order valence-corrected chi connectivity index (χ3v) is 4.64. The van der Waals surface area contributed by atoms with E-state index in [2.05, 4.69) is 69.1 Å². The fraction of sp³-hybridized carbons (Fsp3) is 0.684. The first-order chi connectivity index (χ1) is 10.0. The van der Waals surface area contributed by atoms with Gasteiger partial charge in [-0.05, 0) is 36.3 Å². The van der Waals surface area contributed by atoms with Gasteiger partial charge < -0.3 is 10.2 Å². The van der Waals surface area contributed by atoms with Crippen LogP contribution in [0.2, 0.25) is 0 Å². The molecule has 0 amide bonds. The van der Waals surface area contributed by atoms with Crippen LogP contribution >= 0.6 is 0 Å². The van der Waals surface area contributed by atoms with Gasteiger partial charge in [0.2, 0.25) is 0 Å². The van der Waals surface area contributed by atoms with E-state index >= 15 is 0 Å². The number of piperazine rings is 1. The Labute approximate surface area is 130 Å². The second kappa shape index (κ2) is 7.31. The zero-order chi connectivity index (χ0) is 15.4. The summed E-state index contributed by atoms with van der Waals surface area (Å²) in [5.74, 6) is 1.42. The Kier molecular flexibility index (Phi) is 5.69. The standard InChI is InChI=1S/C19H32N2/c1-6-16-9-7-8-10-18(16)21-13-17(11-14(2)3)20-12-19(21)15(4)5/h7-10,14-15,17,19-20H,6,11-13H2,1-5H3. The van der Waals surface area contributed by atoms with Gasteiger partial charge in [-0.1, -0.05) is 52.8 Å². The van der Waals surface area contributed by atoms with Crippen LogP contribution in [0.25, 0.3) is 0 Å². The van der Waals surface area contributed by atoms with Gasteiger partial charge in [0.25, 0.3) is 0 Å². The molecule has 1 heterocycles. The Morgan fingerprint density at radius 1 is 1.19 bits per heavy atom. The second-order valence-corrected chi connectivity index (χ2v) is 7.18. The molecule has 0 spiro atoms.